The van der Waals surface area contributed by atoms with E-state index in [-0.39, 0.29) is 0 Å². The van der Waals surface area contributed by atoms with Gasteiger partial charge in [-0.1, -0.05) is 0 Å². The van der Waals surface area contributed by atoms with E-state index in [0.717, 1.165) is 29.2 Å². The van der Waals surface area contributed by atoms with E-state index in [1.54, 1.807) is 30.6 Å². The number of hydrogen-bond donors (Lipinski definition) is 1. The average molecular weight is 262 g/mol. The summed E-state index contributed by atoms with van der Waals surface area (Å²) in [5.41, 5.74) is 6.46. The third kappa shape index (κ3) is 1.87. The molecule has 0 atom stereocenters. The molecule has 4 aliphatic carbocycles. The Morgan fingerprint density at radius 2 is 1.78 bits per heavy atom. The first kappa shape index (κ1) is 11.3. The fraction of sp³-hybridized carbons (Fsp3) is 0.800. The lowest BCUT2D eigenvalue weighted by molar-refractivity contribution is -0.0569. The summed E-state index contributed by atoms with van der Waals surface area (Å²) >= 11 is 1.68. The standard InChI is InChI=1S/C15H22N2S/c16-13-9-17-14(18-13)1-2-15-6-10-3-11(7-15)5-12(4-10)8-15/h9-12H,1-8,16H2. The maximum atomic E-state index is 5.77. The van der Waals surface area contributed by atoms with Gasteiger partial charge in [-0.2, -0.15) is 0 Å². The van der Waals surface area contributed by atoms with Gasteiger partial charge in [0.05, 0.1) is 11.2 Å². The van der Waals surface area contributed by atoms with Gasteiger partial charge in [-0.25, -0.2) is 4.98 Å². The minimum Gasteiger partial charge on any atom is -0.389 e. The minimum atomic E-state index is 0.690. The third-order valence-electron chi connectivity index (χ3n) is 5.61. The highest BCUT2D eigenvalue weighted by molar-refractivity contribution is 7.15. The molecule has 2 N–H and O–H groups in total. The zero-order valence-corrected chi connectivity index (χ0v) is 11.7. The van der Waals surface area contributed by atoms with Gasteiger partial charge in [0.15, 0.2) is 0 Å². The summed E-state index contributed by atoms with van der Waals surface area (Å²) in [7, 11) is 0. The van der Waals surface area contributed by atoms with Crippen LogP contribution in [0.1, 0.15) is 50.0 Å². The maximum absolute atomic E-state index is 5.77. The van der Waals surface area contributed by atoms with Crippen molar-refractivity contribution in [3.05, 3.63) is 11.2 Å². The Kier molecular flexibility index (Phi) is 2.48. The molecule has 4 aliphatic rings. The fourth-order valence-corrected chi connectivity index (χ4v) is 6.10. The Morgan fingerprint density at radius 3 is 2.28 bits per heavy atom. The molecular formula is C15H22N2S. The number of nitrogens with zero attached hydrogens (tertiary/aromatic N) is 1. The van der Waals surface area contributed by atoms with Crippen molar-refractivity contribution in [2.24, 2.45) is 23.2 Å². The number of aromatic nitrogens is 1. The Hall–Kier alpha value is -0.570. The molecule has 5 rings (SSSR count). The summed E-state index contributed by atoms with van der Waals surface area (Å²) in [5.74, 6) is 3.20. The quantitative estimate of drug-likeness (QED) is 0.898. The Bertz CT molecular complexity index is 416. The predicted octanol–water partition coefficient (Wildman–Crippen LogP) is 3.87. The first-order valence-corrected chi connectivity index (χ1v) is 8.23. The van der Waals surface area contributed by atoms with Crippen LogP contribution in [0.15, 0.2) is 6.20 Å². The smallest absolute Gasteiger partial charge is 0.106 e. The first-order valence-electron chi connectivity index (χ1n) is 7.41. The van der Waals surface area contributed by atoms with Gasteiger partial charge in [0.2, 0.25) is 0 Å². The van der Waals surface area contributed by atoms with Crippen LogP contribution in [0.3, 0.4) is 0 Å². The van der Waals surface area contributed by atoms with Crippen LogP contribution in [0.5, 0.6) is 0 Å². The van der Waals surface area contributed by atoms with Crippen LogP contribution >= 0.6 is 11.3 Å². The van der Waals surface area contributed by atoms with Crippen LogP contribution in [0, 0.1) is 23.2 Å². The number of nitrogen functional groups attached to an aromatic ring is 1. The van der Waals surface area contributed by atoms with E-state index in [4.69, 9.17) is 5.73 Å². The lowest BCUT2D eigenvalue weighted by atomic mass is 9.48. The lowest BCUT2D eigenvalue weighted by Crippen LogP contribution is -2.46. The highest BCUT2D eigenvalue weighted by Crippen LogP contribution is 2.61. The minimum absolute atomic E-state index is 0.690. The second-order valence-electron chi connectivity index (χ2n) is 7.07. The van der Waals surface area contributed by atoms with Crippen LogP contribution in [0.4, 0.5) is 5.00 Å². The number of aryl methyl sites for hydroxylation is 1. The van der Waals surface area contributed by atoms with Crippen molar-refractivity contribution < 1.29 is 0 Å². The molecule has 0 radical (unpaired) electrons. The lowest BCUT2D eigenvalue weighted by Gasteiger charge is -2.57. The summed E-state index contributed by atoms with van der Waals surface area (Å²) in [6.45, 7) is 0. The monoisotopic (exact) mass is 262 g/mol. The molecule has 0 aliphatic heterocycles. The fourth-order valence-electron chi connectivity index (χ4n) is 5.41. The molecule has 1 heterocycles. The molecular weight excluding hydrogens is 240 g/mol. The Labute approximate surface area is 113 Å². The molecule has 0 spiro atoms. The highest BCUT2D eigenvalue weighted by atomic mass is 32.1. The highest BCUT2D eigenvalue weighted by Gasteiger charge is 2.50. The summed E-state index contributed by atoms with van der Waals surface area (Å²) in [6, 6.07) is 0. The van der Waals surface area contributed by atoms with Gasteiger partial charge in [-0.15, -0.1) is 11.3 Å². The van der Waals surface area contributed by atoms with Crippen molar-refractivity contribution in [1.29, 1.82) is 0 Å². The third-order valence-corrected chi connectivity index (χ3v) is 6.49. The van der Waals surface area contributed by atoms with Gasteiger partial charge in [0.25, 0.3) is 0 Å². The van der Waals surface area contributed by atoms with Crippen molar-refractivity contribution in [2.75, 3.05) is 5.73 Å². The first-order chi connectivity index (χ1) is 8.71. The van der Waals surface area contributed by atoms with Gasteiger partial charge in [0.1, 0.15) is 5.00 Å². The van der Waals surface area contributed by atoms with Crippen molar-refractivity contribution in [3.8, 4) is 0 Å². The van der Waals surface area contributed by atoms with E-state index in [2.05, 4.69) is 4.98 Å². The predicted molar refractivity (Wildman–Crippen MR) is 75.5 cm³/mol. The molecule has 4 saturated carbocycles. The molecule has 0 amide bonds. The average Bonchev–Trinajstić information content (AvgIpc) is 2.71. The molecule has 98 valence electrons. The van der Waals surface area contributed by atoms with E-state index < -0.39 is 0 Å². The number of thiazole rings is 1. The maximum Gasteiger partial charge on any atom is 0.106 e. The SMILES string of the molecule is Nc1cnc(CCC23CC4CC(CC(C4)C2)C3)s1. The van der Waals surface area contributed by atoms with Gasteiger partial charge >= 0.3 is 0 Å². The second kappa shape index (κ2) is 3.96. The van der Waals surface area contributed by atoms with Crippen LogP contribution < -0.4 is 5.73 Å². The number of anilines is 1. The number of nitrogens with two attached hydrogens (primary N) is 1. The van der Waals surface area contributed by atoms with Crippen molar-refractivity contribution in [2.45, 2.75) is 51.4 Å². The van der Waals surface area contributed by atoms with E-state index in [9.17, 15) is 0 Å². The van der Waals surface area contributed by atoms with Gasteiger partial charge in [0, 0.05) is 0 Å². The molecule has 1 aromatic heterocycles. The van der Waals surface area contributed by atoms with Gasteiger partial charge in [-0.3, -0.25) is 0 Å². The molecule has 2 nitrogen and oxygen atoms in total. The Morgan fingerprint density at radius 1 is 1.17 bits per heavy atom. The van der Waals surface area contributed by atoms with E-state index >= 15 is 0 Å². The molecule has 0 unspecified atom stereocenters. The van der Waals surface area contributed by atoms with Crippen LogP contribution in [-0.2, 0) is 6.42 Å². The van der Waals surface area contributed by atoms with Gasteiger partial charge in [-0.05, 0) is 74.5 Å². The molecule has 0 saturated heterocycles. The molecule has 0 aromatic carbocycles. The summed E-state index contributed by atoms with van der Waals surface area (Å²) in [6.07, 6.45) is 13.5. The largest absolute Gasteiger partial charge is 0.389 e. The number of rotatable bonds is 3. The summed E-state index contributed by atoms with van der Waals surface area (Å²) < 4.78 is 0. The van der Waals surface area contributed by atoms with Gasteiger partial charge < -0.3 is 5.73 Å². The van der Waals surface area contributed by atoms with Crippen LogP contribution in [0.25, 0.3) is 0 Å². The molecule has 18 heavy (non-hydrogen) atoms. The van der Waals surface area contributed by atoms with Crippen molar-refractivity contribution in [3.63, 3.8) is 0 Å². The molecule has 4 fully saturated rings. The second-order valence-corrected chi connectivity index (χ2v) is 8.22. The molecule has 3 heteroatoms. The van der Waals surface area contributed by atoms with E-state index in [0.29, 0.717) is 5.41 Å². The van der Waals surface area contributed by atoms with E-state index in [1.165, 1.54) is 30.7 Å². The van der Waals surface area contributed by atoms with Crippen molar-refractivity contribution >= 4 is 16.3 Å². The zero-order valence-electron chi connectivity index (χ0n) is 10.9. The van der Waals surface area contributed by atoms with Crippen molar-refractivity contribution in [1.82, 2.24) is 4.98 Å². The Balaban J connectivity index is 1.47. The molecule has 1 aromatic rings. The van der Waals surface area contributed by atoms with Crippen LogP contribution in [0.2, 0.25) is 0 Å². The van der Waals surface area contributed by atoms with Crippen LogP contribution in [-0.4, -0.2) is 4.98 Å². The molecule has 4 bridgehead atoms. The normalized spacial score (nSPS) is 41.4. The van der Waals surface area contributed by atoms with E-state index in [1.807, 2.05) is 6.20 Å². The zero-order chi connectivity index (χ0) is 12.2. The summed E-state index contributed by atoms with van der Waals surface area (Å²) in [4.78, 5) is 4.43. The summed E-state index contributed by atoms with van der Waals surface area (Å²) in [5, 5.41) is 2.12. The number of hydrogen-bond acceptors (Lipinski definition) is 3. The topological polar surface area (TPSA) is 38.9 Å².